The number of carbonyl (C=O) groups is 1. The molecule has 0 radical (unpaired) electrons. The summed E-state index contributed by atoms with van der Waals surface area (Å²) in [5.41, 5.74) is 0.780. The Balaban J connectivity index is 1.82. The van der Waals surface area contributed by atoms with Crippen LogP contribution in [-0.4, -0.2) is 28.8 Å². The number of phenols is 1. The number of aromatic hydroxyl groups is 1. The minimum Gasteiger partial charge on any atom is -0.503 e. The summed E-state index contributed by atoms with van der Waals surface area (Å²) >= 11 is 4.67. The van der Waals surface area contributed by atoms with Crippen molar-refractivity contribution in [1.82, 2.24) is 5.32 Å². The predicted molar refractivity (Wildman–Crippen MR) is 100 cm³/mol. The van der Waals surface area contributed by atoms with Crippen molar-refractivity contribution in [2.24, 2.45) is 4.99 Å². The van der Waals surface area contributed by atoms with Crippen molar-refractivity contribution in [1.29, 1.82) is 0 Å². The Morgan fingerprint density at radius 2 is 2.21 bits per heavy atom. The molecule has 1 saturated heterocycles. The predicted octanol–water partition coefficient (Wildman–Crippen LogP) is 4.06. The molecule has 128 valence electrons. The number of aliphatic imine (C=N–C) groups is 1. The van der Waals surface area contributed by atoms with Gasteiger partial charge in [-0.05, 0) is 71.2 Å². The highest BCUT2D eigenvalue weighted by Gasteiger charge is 2.25. The largest absolute Gasteiger partial charge is 0.503 e. The molecule has 0 spiro atoms. The lowest BCUT2D eigenvalue weighted by Crippen LogP contribution is -2.21. The Morgan fingerprint density at radius 3 is 2.92 bits per heavy atom. The first-order valence-corrected chi connectivity index (χ1v) is 9.61. The molecule has 1 aromatic carbocycles. The number of phenolic OH excluding ortho intramolecular Hbond substituents is 1. The maximum Gasteiger partial charge on any atom is 0.264 e. The highest BCUT2D eigenvalue weighted by atomic mass is 79.9. The quantitative estimate of drug-likeness (QED) is 0.734. The summed E-state index contributed by atoms with van der Waals surface area (Å²) in [6, 6.07) is 3.81. The van der Waals surface area contributed by atoms with Crippen LogP contribution in [0.15, 0.2) is 26.5 Å². The van der Waals surface area contributed by atoms with Crippen molar-refractivity contribution in [2.45, 2.75) is 38.6 Å². The minimum absolute atomic E-state index is 0.0611. The molecule has 1 amide bonds. The number of thioether (sulfide) groups is 1. The smallest absolute Gasteiger partial charge is 0.264 e. The molecule has 5 nitrogen and oxygen atoms in total. The van der Waals surface area contributed by atoms with Crippen LogP contribution in [0.1, 0.15) is 38.2 Å². The topological polar surface area (TPSA) is 70.9 Å². The number of carbonyl (C=O) groups excluding carboxylic acids is 1. The van der Waals surface area contributed by atoms with Gasteiger partial charge >= 0.3 is 0 Å². The fourth-order valence-electron chi connectivity index (χ4n) is 2.78. The first kappa shape index (κ1) is 17.4. The molecule has 0 aromatic heterocycles. The van der Waals surface area contributed by atoms with E-state index >= 15 is 0 Å². The van der Waals surface area contributed by atoms with Crippen LogP contribution in [0.5, 0.6) is 11.5 Å². The summed E-state index contributed by atoms with van der Waals surface area (Å²) in [5.74, 6) is 0.312. The second-order valence-corrected chi connectivity index (χ2v) is 7.60. The number of halogens is 1. The second-order valence-electron chi connectivity index (χ2n) is 5.72. The first-order valence-electron chi connectivity index (χ1n) is 8.01. The molecule has 1 heterocycles. The van der Waals surface area contributed by atoms with E-state index in [1.807, 2.05) is 6.92 Å². The lowest BCUT2D eigenvalue weighted by atomic mass is 10.2. The van der Waals surface area contributed by atoms with Gasteiger partial charge in [0.15, 0.2) is 16.7 Å². The van der Waals surface area contributed by atoms with E-state index in [4.69, 9.17) is 4.74 Å². The number of amides is 1. The summed E-state index contributed by atoms with van der Waals surface area (Å²) in [5, 5.41) is 13.5. The summed E-state index contributed by atoms with van der Waals surface area (Å²) < 4.78 is 5.95. The maximum absolute atomic E-state index is 12.2. The minimum atomic E-state index is -0.140. The molecule has 1 saturated carbocycles. The van der Waals surface area contributed by atoms with Gasteiger partial charge in [0.2, 0.25) is 0 Å². The number of nitrogens with zero attached hydrogens (tertiary/aromatic N) is 1. The Bertz CT molecular complexity index is 712. The lowest BCUT2D eigenvalue weighted by molar-refractivity contribution is -0.115. The molecule has 1 aromatic rings. The van der Waals surface area contributed by atoms with Crippen molar-refractivity contribution in [3.8, 4) is 11.5 Å². The highest BCUT2D eigenvalue weighted by Crippen LogP contribution is 2.37. The Morgan fingerprint density at radius 1 is 1.46 bits per heavy atom. The van der Waals surface area contributed by atoms with Gasteiger partial charge in [0.25, 0.3) is 5.91 Å². The van der Waals surface area contributed by atoms with Crippen molar-refractivity contribution in [3.05, 3.63) is 27.1 Å². The van der Waals surface area contributed by atoms with E-state index in [0.29, 0.717) is 32.9 Å². The monoisotopic (exact) mass is 410 g/mol. The summed E-state index contributed by atoms with van der Waals surface area (Å²) in [6.07, 6.45) is 6.40. The zero-order valence-corrected chi connectivity index (χ0v) is 15.7. The van der Waals surface area contributed by atoms with Gasteiger partial charge in [0, 0.05) is 0 Å². The van der Waals surface area contributed by atoms with Crippen LogP contribution in [0.3, 0.4) is 0 Å². The molecule has 2 aliphatic rings. The zero-order chi connectivity index (χ0) is 17.1. The fourth-order valence-corrected chi connectivity index (χ4v) is 4.13. The Kier molecular flexibility index (Phi) is 5.50. The number of hydrogen-bond acceptors (Lipinski definition) is 5. The highest BCUT2D eigenvalue weighted by molar-refractivity contribution is 9.10. The van der Waals surface area contributed by atoms with Crippen LogP contribution in [0, 0.1) is 0 Å². The van der Waals surface area contributed by atoms with Gasteiger partial charge in [0.05, 0.1) is 22.0 Å². The summed E-state index contributed by atoms with van der Waals surface area (Å²) in [6.45, 7) is 2.30. The summed E-state index contributed by atoms with van der Waals surface area (Å²) in [7, 11) is 0. The maximum atomic E-state index is 12.2. The molecule has 24 heavy (non-hydrogen) atoms. The first-order chi connectivity index (χ1) is 11.6. The molecule has 1 aliphatic heterocycles. The van der Waals surface area contributed by atoms with Gasteiger partial charge in [-0.3, -0.25) is 9.79 Å². The standard InChI is InChI=1S/C17H19BrN2O3S/c1-2-23-13-8-10(7-12(18)15(13)21)9-14-16(22)20-17(24-14)19-11-5-3-4-6-11/h7-9,11,21H,2-6H2,1H3,(H,19,20,22)/b14-9+. The van der Waals surface area contributed by atoms with Gasteiger partial charge in [-0.15, -0.1) is 0 Å². The zero-order valence-electron chi connectivity index (χ0n) is 13.3. The third-order valence-electron chi connectivity index (χ3n) is 3.92. The average molecular weight is 411 g/mol. The van der Waals surface area contributed by atoms with Crippen LogP contribution in [0.4, 0.5) is 0 Å². The number of hydrogen-bond donors (Lipinski definition) is 2. The molecular weight excluding hydrogens is 392 g/mol. The number of nitrogens with one attached hydrogen (secondary N) is 1. The van der Waals surface area contributed by atoms with E-state index in [1.165, 1.54) is 24.6 Å². The number of amidine groups is 1. The molecular formula is C17H19BrN2O3S. The van der Waals surface area contributed by atoms with E-state index in [-0.39, 0.29) is 11.7 Å². The molecule has 2 fully saturated rings. The molecule has 0 bridgehead atoms. The van der Waals surface area contributed by atoms with Crippen LogP contribution in [0.2, 0.25) is 0 Å². The van der Waals surface area contributed by atoms with Crippen molar-refractivity contribution in [2.75, 3.05) is 6.61 Å². The number of benzene rings is 1. The SMILES string of the molecule is CCOc1cc(/C=C2/SC(=NC3CCCC3)NC2=O)cc(Br)c1O. The normalized spacial score (nSPS) is 21.7. The van der Waals surface area contributed by atoms with Gasteiger partial charge in [-0.1, -0.05) is 12.8 Å². The molecule has 0 atom stereocenters. The van der Waals surface area contributed by atoms with Crippen molar-refractivity contribution < 1.29 is 14.6 Å². The fraction of sp³-hybridized carbons (Fsp3) is 0.412. The third kappa shape index (κ3) is 3.95. The van der Waals surface area contributed by atoms with Gasteiger partial charge in [0.1, 0.15) is 0 Å². The van der Waals surface area contributed by atoms with Gasteiger partial charge < -0.3 is 15.2 Å². The average Bonchev–Trinajstić information content (AvgIpc) is 3.15. The Labute approximate surface area is 153 Å². The van der Waals surface area contributed by atoms with E-state index in [0.717, 1.165) is 18.4 Å². The van der Waals surface area contributed by atoms with E-state index in [2.05, 4.69) is 26.2 Å². The van der Waals surface area contributed by atoms with Crippen molar-refractivity contribution in [3.63, 3.8) is 0 Å². The second kappa shape index (κ2) is 7.61. The third-order valence-corrected chi connectivity index (χ3v) is 5.45. The van der Waals surface area contributed by atoms with Gasteiger partial charge in [-0.25, -0.2) is 0 Å². The molecule has 7 heteroatoms. The van der Waals surface area contributed by atoms with E-state index < -0.39 is 0 Å². The Hall–Kier alpha value is -1.47. The van der Waals surface area contributed by atoms with Crippen LogP contribution in [0.25, 0.3) is 6.08 Å². The van der Waals surface area contributed by atoms with Crippen LogP contribution >= 0.6 is 27.7 Å². The molecule has 2 N–H and O–H groups in total. The van der Waals surface area contributed by atoms with Crippen LogP contribution < -0.4 is 10.1 Å². The molecule has 0 unspecified atom stereocenters. The molecule has 3 rings (SSSR count). The number of ether oxygens (including phenoxy) is 1. The summed E-state index contributed by atoms with van der Waals surface area (Å²) in [4.78, 5) is 17.4. The van der Waals surface area contributed by atoms with Crippen molar-refractivity contribution >= 4 is 44.8 Å². The van der Waals surface area contributed by atoms with E-state index in [1.54, 1.807) is 18.2 Å². The van der Waals surface area contributed by atoms with Gasteiger partial charge in [-0.2, -0.15) is 0 Å². The van der Waals surface area contributed by atoms with Crippen LogP contribution in [-0.2, 0) is 4.79 Å². The number of rotatable bonds is 4. The molecule has 1 aliphatic carbocycles. The van der Waals surface area contributed by atoms with E-state index in [9.17, 15) is 9.90 Å². The lowest BCUT2D eigenvalue weighted by Gasteiger charge is -2.08.